The molecule has 36 heavy (non-hydrogen) atoms. The molecule has 3 aromatic carbocycles. The number of amides is 1. The molecule has 0 fully saturated rings. The summed E-state index contributed by atoms with van der Waals surface area (Å²) in [6.07, 6.45) is 1.74. The summed E-state index contributed by atoms with van der Waals surface area (Å²) in [7, 11) is -1.34. The van der Waals surface area contributed by atoms with Crippen molar-refractivity contribution >= 4 is 26.8 Å². The van der Waals surface area contributed by atoms with Gasteiger partial charge in [0.25, 0.3) is 5.91 Å². The highest BCUT2D eigenvalue weighted by Crippen LogP contribution is 2.31. The van der Waals surface area contributed by atoms with E-state index in [0.717, 1.165) is 44.9 Å². The first-order valence-corrected chi connectivity index (χ1v) is 13.9. The van der Waals surface area contributed by atoms with Crippen LogP contribution in [0.2, 0.25) is 0 Å². The van der Waals surface area contributed by atoms with Crippen LogP contribution in [0.5, 0.6) is 5.75 Å². The van der Waals surface area contributed by atoms with Gasteiger partial charge >= 0.3 is 0 Å². The minimum Gasteiger partial charge on any atom is -0.491 e. The summed E-state index contributed by atoms with van der Waals surface area (Å²) in [5, 5.41) is 0. The van der Waals surface area contributed by atoms with Gasteiger partial charge in [-0.3, -0.25) is 4.79 Å². The van der Waals surface area contributed by atoms with E-state index in [1.54, 1.807) is 17.0 Å². The first-order chi connectivity index (χ1) is 17.2. The van der Waals surface area contributed by atoms with E-state index in [2.05, 4.69) is 33.8 Å². The number of imidazole rings is 1. The van der Waals surface area contributed by atoms with Crippen molar-refractivity contribution in [2.45, 2.75) is 31.7 Å². The predicted octanol–water partition coefficient (Wildman–Crippen LogP) is 4.55. The number of nitrogens with zero attached hydrogens (tertiary/aromatic N) is 3. The Morgan fingerprint density at radius 3 is 2.56 bits per heavy atom. The number of carbonyl (C=O) groups is 1. The van der Waals surface area contributed by atoms with Gasteiger partial charge in [0.1, 0.15) is 18.2 Å². The van der Waals surface area contributed by atoms with Crippen LogP contribution in [0.15, 0.2) is 59.5 Å². The normalized spacial score (nSPS) is 13.8. The molecular formula is C28H29N3O4S. The lowest BCUT2D eigenvalue weighted by Gasteiger charge is -2.22. The molecule has 0 radical (unpaired) electrons. The first kappa shape index (κ1) is 24.1. The molecule has 0 spiro atoms. The zero-order chi connectivity index (χ0) is 25.6. The van der Waals surface area contributed by atoms with Crippen LogP contribution in [0.3, 0.4) is 0 Å². The molecule has 0 aliphatic carbocycles. The third-order valence-electron chi connectivity index (χ3n) is 6.88. The molecule has 0 unspecified atom stereocenters. The first-order valence-electron chi connectivity index (χ1n) is 12.0. The molecule has 7 nitrogen and oxygen atoms in total. The molecule has 1 aliphatic rings. The number of hydrogen-bond donors (Lipinski definition) is 0. The number of carbonyl (C=O) groups excluding carboxylic acids is 1. The van der Waals surface area contributed by atoms with Gasteiger partial charge in [-0.2, -0.15) is 0 Å². The highest BCUT2D eigenvalue weighted by atomic mass is 32.2. The van der Waals surface area contributed by atoms with E-state index in [1.165, 1.54) is 12.3 Å². The number of aryl methyl sites for hydroxylation is 3. The summed E-state index contributed by atoms with van der Waals surface area (Å²) in [5.74, 6) is 1.61. The Bertz CT molecular complexity index is 1600. The summed E-state index contributed by atoms with van der Waals surface area (Å²) >= 11 is 0. The fourth-order valence-electron chi connectivity index (χ4n) is 4.72. The zero-order valence-electron chi connectivity index (χ0n) is 20.9. The summed E-state index contributed by atoms with van der Waals surface area (Å²) in [5.41, 5.74) is 6.29. The highest BCUT2D eigenvalue weighted by Gasteiger charge is 2.24. The third-order valence-corrected chi connectivity index (χ3v) is 7.99. The average molecular weight is 504 g/mol. The van der Waals surface area contributed by atoms with Gasteiger partial charge in [0.2, 0.25) is 0 Å². The maximum atomic E-state index is 13.5. The van der Waals surface area contributed by atoms with Gasteiger partial charge in [-0.15, -0.1) is 0 Å². The van der Waals surface area contributed by atoms with E-state index in [9.17, 15) is 13.2 Å². The van der Waals surface area contributed by atoms with Crippen LogP contribution in [0.25, 0.3) is 22.2 Å². The zero-order valence-corrected chi connectivity index (χ0v) is 21.7. The molecule has 1 aliphatic heterocycles. The molecule has 0 bridgehead atoms. The van der Waals surface area contributed by atoms with Gasteiger partial charge in [0.15, 0.2) is 9.84 Å². The second-order valence-electron chi connectivity index (χ2n) is 9.26. The molecule has 186 valence electrons. The van der Waals surface area contributed by atoms with Crippen molar-refractivity contribution in [3.05, 3.63) is 77.1 Å². The van der Waals surface area contributed by atoms with Gasteiger partial charge in [-0.1, -0.05) is 19.1 Å². The number of benzene rings is 3. The number of ether oxygens (including phenoxy) is 1. The van der Waals surface area contributed by atoms with Crippen LogP contribution < -0.4 is 4.74 Å². The lowest BCUT2D eigenvalue weighted by atomic mass is 10.0. The fourth-order valence-corrected chi connectivity index (χ4v) is 5.39. The van der Waals surface area contributed by atoms with E-state index in [4.69, 9.17) is 4.74 Å². The molecule has 1 amide bonds. The quantitative estimate of drug-likeness (QED) is 0.408. The van der Waals surface area contributed by atoms with Crippen LogP contribution >= 0.6 is 0 Å². The highest BCUT2D eigenvalue weighted by molar-refractivity contribution is 7.90. The van der Waals surface area contributed by atoms with Crippen molar-refractivity contribution in [3.63, 3.8) is 0 Å². The molecule has 0 N–H and O–H groups in total. The third kappa shape index (κ3) is 4.37. The van der Waals surface area contributed by atoms with E-state index < -0.39 is 9.84 Å². The molecule has 2 heterocycles. The molecule has 0 saturated heterocycles. The Morgan fingerprint density at radius 1 is 1.06 bits per heavy atom. The fraction of sp³-hybridized carbons (Fsp3) is 0.286. The smallest absolute Gasteiger partial charge is 0.254 e. The molecule has 1 aromatic heterocycles. The standard InChI is InChI=1S/C28H29N3O4S/c1-5-19-15-23(36(4,33)34)8-9-24(19)28(32)31-12-13-35-27-11-7-20(14-22(27)17-31)21-6-10-26-25(16-21)29-18(2)30(26)3/h6-11,14-16H,5,12-13,17H2,1-4H3. The van der Waals surface area contributed by atoms with Crippen molar-refractivity contribution in [2.75, 3.05) is 19.4 Å². The minimum atomic E-state index is -3.35. The van der Waals surface area contributed by atoms with E-state index in [1.807, 2.05) is 33.0 Å². The van der Waals surface area contributed by atoms with Crippen molar-refractivity contribution in [1.29, 1.82) is 0 Å². The predicted molar refractivity (Wildman–Crippen MR) is 140 cm³/mol. The summed E-state index contributed by atoms with van der Waals surface area (Å²) < 4.78 is 32.0. The van der Waals surface area contributed by atoms with Gasteiger partial charge in [0, 0.05) is 31.0 Å². The summed E-state index contributed by atoms with van der Waals surface area (Å²) in [6.45, 7) is 5.15. The molecule has 4 aromatic rings. The molecule has 8 heteroatoms. The summed E-state index contributed by atoms with van der Waals surface area (Å²) in [4.78, 5) is 20.2. The maximum Gasteiger partial charge on any atom is 0.254 e. The van der Waals surface area contributed by atoms with Gasteiger partial charge in [-0.05, 0) is 72.5 Å². The van der Waals surface area contributed by atoms with Crippen LogP contribution in [0, 0.1) is 6.92 Å². The SMILES string of the molecule is CCc1cc(S(C)(=O)=O)ccc1C(=O)N1CCOc2ccc(-c3ccc4c(c3)nc(C)n4C)cc2C1. The number of sulfone groups is 1. The largest absolute Gasteiger partial charge is 0.491 e. The van der Waals surface area contributed by atoms with Crippen LogP contribution in [0.4, 0.5) is 0 Å². The van der Waals surface area contributed by atoms with E-state index in [-0.39, 0.29) is 10.8 Å². The Balaban J connectivity index is 1.47. The van der Waals surface area contributed by atoms with Gasteiger partial charge in [-0.25, -0.2) is 13.4 Å². The maximum absolute atomic E-state index is 13.5. The lowest BCUT2D eigenvalue weighted by Crippen LogP contribution is -2.33. The Labute approximate surface area is 211 Å². The van der Waals surface area contributed by atoms with Gasteiger partial charge in [0.05, 0.1) is 22.5 Å². The van der Waals surface area contributed by atoms with Crippen molar-refractivity contribution in [2.24, 2.45) is 7.05 Å². The second-order valence-corrected chi connectivity index (χ2v) is 11.3. The average Bonchev–Trinajstić information content (AvgIpc) is 3.02. The summed E-state index contributed by atoms with van der Waals surface area (Å²) in [6, 6.07) is 17.1. The van der Waals surface area contributed by atoms with Gasteiger partial charge < -0.3 is 14.2 Å². The lowest BCUT2D eigenvalue weighted by molar-refractivity contribution is 0.0732. The molecule has 0 saturated carbocycles. The second kappa shape index (κ2) is 9.09. The Hall–Kier alpha value is -3.65. The van der Waals surface area contributed by atoms with Crippen molar-refractivity contribution in [1.82, 2.24) is 14.5 Å². The van der Waals surface area contributed by atoms with Crippen LogP contribution in [0.1, 0.15) is 34.2 Å². The van der Waals surface area contributed by atoms with Crippen LogP contribution in [-0.2, 0) is 29.9 Å². The number of fused-ring (bicyclic) bond motifs is 2. The van der Waals surface area contributed by atoms with E-state index >= 15 is 0 Å². The molecule has 5 rings (SSSR count). The number of aromatic nitrogens is 2. The van der Waals surface area contributed by atoms with Crippen LogP contribution in [-0.4, -0.2) is 48.2 Å². The van der Waals surface area contributed by atoms with Crippen molar-refractivity contribution < 1.29 is 17.9 Å². The topological polar surface area (TPSA) is 81.5 Å². The van der Waals surface area contributed by atoms with E-state index in [0.29, 0.717) is 31.7 Å². The Morgan fingerprint density at radius 2 is 1.81 bits per heavy atom. The molecule has 0 atom stereocenters. The minimum absolute atomic E-state index is 0.126. The Kier molecular flexibility index (Phi) is 6.08. The van der Waals surface area contributed by atoms with Crippen molar-refractivity contribution in [3.8, 4) is 16.9 Å². The number of rotatable bonds is 4. The molecular weight excluding hydrogens is 474 g/mol. The number of hydrogen-bond acceptors (Lipinski definition) is 5. The monoisotopic (exact) mass is 503 g/mol.